The van der Waals surface area contributed by atoms with Crippen LogP contribution >= 0.6 is 0 Å². The van der Waals surface area contributed by atoms with Crippen LogP contribution in [0.25, 0.3) is 10.9 Å². The van der Waals surface area contributed by atoms with Crippen molar-refractivity contribution in [1.29, 1.82) is 0 Å². The molecule has 45 heavy (non-hydrogen) atoms. The number of sulfone groups is 1. The highest BCUT2D eigenvalue weighted by atomic mass is 32.2. The molecule has 2 fully saturated rings. The first-order chi connectivity index (χ1) is 21.2. The van der Waals surface area contributed by atoms with Crippen LogP contribution in [-0.4, -0.2) is 82.8 Å². The molecule has 2 aliphatic rings. The van der Waals surface area contributed by atoms with E-state index in [0.29, 0.717) is 35.7 Å². The summed E-state index contributed by atoms with van der Waals surface area (Å²) in [6, 6.07) is 11.4. The first-order valence-electron chi connectivity index (χ1n) is 14.6. The molecule has 1 saturated heterocycles. The third-order valence-corrected chi connectivity index (χ3v) is 10.8. The van der Waals surface area contributed by atoms with Gasteiger partial charge in [-0.1, -0.05) is 12.0 Å². The van der Waals surface area contributed by atoms with Crippen molar-refractivity contribution in [3.8, 4) is 17.6 Å². The van der Waals surface area contributed by atoms with Gasteiger partial charge in [-0.25, -0.2) is 22.0 Å². The Morgan fingerprint density at radius 2 is 1.76 bits per heavy atom. The molecule has 0 spiro atoms. The molecular formula is C30H36F3N5O5S2. The van der Waals surface area contributed by atoms with E-state index in [1.165, 1.54) is 25.3 Å². The van der Waals surface area contributed by atoms with Gasteiger partial charge in [-0.05, 0) is 61.9 Å². The maximum absolute atomic E-state index is 13.6. The van der Waals surface area contributed by atoms with Gasteiger partial charge in [0.25, 0.3) is 0 Å². The van der Waals surface area contributed by atoms with E-state index in [-0.39, 0.29) is 40.4 Å². The quantitative estimate of drug-likeness (QED) is 0.309. The zero-order chi connectivity index (χ0) is 32.4. The van der Waals surface area contributed by atoms with E-state index in [1.54, 1.807) is 18.2 Å². The second-order valence-corrected chi connectivity index (χ2v) is 15.2. The van der Waals surface area contributed by atoms with Gasteiger partial charge in [-0.15, -0.1) is 0 Å². The predicted octanol–water partition coefficient (Wildman–Crippen LogP) is 3.78. The van der Waals surface area contributed by atoms with Crippen molar-refractivity contribution in [2.45, 2.75) is 55.4 Å². The van der Waals surface area contributed by atoms with Crippen LogP contribution in [0.3, 0.4) is 0 Å². The Labute approximate surface area is 261 Å². The highest BCUT2D eigenvalue weighted by Gasteiger charge is 2.32. The molecule has 10 nitrogen and oxygen atoms in total. The summed E-state index contributed by atoms with van der Waals surface area (Å²) in [5.41, 5.74) is 1.81. The van der Waals surface area contributed by atoms with Gasteiger partial charge in [0.2, 0.25) is 10.0 Å². The van der Waals surface area contributed by atoms with Gasteiger partial charge in [0.05, 0.1) is 47.0 Å². The van der Waals surface area contributed by atoms with Gasteiger partial charge >= 0.3 is 6.18 Å². The van der Waals surface area contributed by atoms with E-state index >= 15 is 0 Å². The molecule has 4 N–H and O–H groups in total. The molecule has 0 amide bonds. The molecule has 5 rings (SSSR count). The molecule has 15 heteroatoms. The van der Waals surface area contributed by atoms with Crippen LogP contribution in [0, 0.1) is 11.8 Å². The molecular weight excluding hydrogens is 631 g/mol. The van der Waals surface area contributed by atoms with Gasteiger partial charge in [-0.3, -0.25) is 4.90 Å². The molecule has 1 aliphatic heterocycles. The fourth-order valence-corrected chi connectivity index (χ4v) is 7.79. The summed E-state index contributed by atoms with van der Waals surface area (Å²) in [6.07, 6.45) is -0.889. The molecule has 2 heterocycles. The van der Waals surface area contributed by atoms with E-state index in [1.807, 2.05) is 6.07 Å². The fraction of sp³-hybridized carbons (Fsp3) is 0.467. The van der Waals surface area contributed by atoms with Crippen molar-refractivity contribution in [2.75, 3.05) is 48.9 Å². The Hall–Kier alpha value is -3.45. The molecule has 3 aromatic rings. The fourth-order valence-electron chi connectivity index (χ4n) is 6.03. The first-order valence-corrected chi connectivity index (χ1v) is 17.9. The maximum atomic E-state index is 13.6. The van der Waals surface area contributed by atoms with E-state index in [0.717, 1.165) is 35.9 Å². The second kappa shape index (κ2) is 13.1. The number of alkyl halides is 3. The van der Waals surface area contributed by atoms with Crippen LogP contribution in [0.2, 0.25) is 0 Å². The number of anilines is 2. The summed E-state index contributed by atoms with van der Waals surface area (Å²) in [4.78, 5) is 2.15. The van der Waals surface area contributed by atoms with Crippen molar-refractivity contribution in [3.05, 3.63) is 48.2 Å². The van der Waals surface area contributed by atoms with Gasteiger partial charge < -0.3 is 19.9 Å². The minimum Gasteiger partial charge on any atom is -0.495 e. The highest BCUT2D eigenvalue weighted by molar-refractivity contribution is 7.91. The lowest BCUT2D eigenvalue weighted by Crippen LogP contribution is -2.48. The molecule has 0 radical (unpaired) electrons. The number of ether oxygens (including phenoxy) is 1. The molecule has 2 aromatic carbocycles. The number of methoxy groups -OCH3 is 1. The van der Waals surface area contributed by atoms with Crippen LogP contribution < -0.4 is 20.5 Å². The smallest absolute Gasteiger partial charge is 0.406 e. The Bertz CT molecular complexity index is 1810. The lowest BCUT2D eigenvalue weighted by atomic mass is 9.90. The number of benzene rings is 2. The minimum absolute atomic E-state index is 0.0515. The number of nitrogens with one attached hydrogen (secondary N) is 2. The molecule has 1 aliphatic carbocycles. The largest absolute Gasteiger partial charge is 0.495 e. The number of nitrogens with two attached hydrogens (primary N) is 1. The molecule has 0 bridgehead atoms. The van der Waals surface area contributed by atoms with Crippen molar-refractivity contribution in [1.82, 2.24) is 9.47 Å². The van der Waals surface area contributed by atoms with Crippen LogP contribution in [0.1, 0.15) is 31.4 Å². The van der Waals surface area contributed by atoms with E-state index in [2.05, 4.69) is 27.4 Å². The number of hydrogen-bond donors (Lipinski definition) is 3. The molecule has 1 aromatic heterocycles. The lowest BCUT2D eigenvalue weighted by molar-refractivity contribution is -0.140. The van der Waals surface area contributed by atoms with Gasteiger partial charge in [0.1, 0.15) is 12.3 Å². The van der Waals surface area contributed by atoms with E-state index in [9.17, 15) is 30.0 Å². The monoisotopic (exact) mass is 667 g/mol. The number of nitrogens with zero attached hydrogens (tertiary/aromatic N) is 2. The number of sulfonamides is 1. The molecule has 0 atom stereocenters. The van der Waals surface area contributed by atoms with Crippen molar-refractivity contribution >= 4 is 42.1 Å². The predicted molar refractivity (Wildman–Crippen MR) is 168 cm³/mol. The van der Waals surface area contributed by atoms with Crippen LogP contribution in [0.5, 0.6) is 5.75 Å². The second-order valence-electron chi connectivity index (χ2n) is 11.4. The topological polar surface area (TPSA) is 136 Å². The molecule has 0 unspecified atom stereocenters. The Morgan fingerprint density at radius 1 is 1.04 bits per heavy atom. The number of halogens is 3. The van der Waals surface area contributed by atoms with Crippen molar-refractivity contribution in [2.24, 2.45) is 5.14 Å². The lowest BCUT2D eigenvalue weighted by Gasteiger charge is -2.39. The first kappa shape index (κ1) is 32.9. The Morgan fingerprint density at radius 3 is 2.40 bits per heavy atom. The third kappa shape index (κ3) is 8.23. The summed E-state index contributed by atoms with van der Waals surface area (Å²) in [5.74, 6) is 6.36. The summed E-state index contributed by atoms with van der Waals surface area (Å²) in [6.45, 7) is -0.0173. The van der Waals surface area contributed by atoms with Gasteiger partial charge in [0.15, 0.2) is 9.84 Å². The average molecular weight is 668 g/mol. The third-order valence-electron chi connectivity index (χ3n) is 8.32. The SMILES string of the molecule is COc1cc(S(N)(=O)=O)ccc1NCC#Cc1cc2c(N[C@H]3CC[C@@H](N4CCS(=O)(=O)CC4)CC3)cccc2n1CC(F)(F)F. The summed E-state index contributed by atoms with van der Waals surface area (Å²) >= 11 is 0. The summed E-state index contributed by atoms with van der Waals surface area (Å²) in [7, 11) is -5.49. The van der Waals surface area contributed by atoms with E-state index < -0.39 is 32.6 Å². The number of hydrogen-bond acceptors (Lipinski definition) is 8. The van der Waals surface area contributed by atoms with Crippen molar-refractivity contribution < 1.29 is 34.7 Å². The van der Waals surface area contributed by atoms with Crippen LogP contribution in [-0.2, 0) is 26.4 Å². The van der Waals surface area contributed by atoms with Gasteiger partial charge in [0, 0.05) is 42.3 Å². The van der Waals surface area contributed by atoms with E-state index in [4.69, 9.17) is 9.88 Å². The number of rotatable bonds is 8. The standard InChI is InChI=1S/C30H36F3N5O5S2/c1-43-29-19-24(45(34,41)42)11-12-27(29)35-13-3-4-23-18-25-26(5-2-6-28(25)38(23)20-30(31,32)33)36-21-7-9-22(10-8-21)37-14-16-44(39,40)17-15-37/h2,5-6,11-12,18-19,21-22,35-36H,7-10,13-17,20H2,1H3,(H2,34,41,42)/t21-,22+. The van der Waals surface area contributed by atoms with Crippen molar-refractivity contribution in [3.63, 3.8) is 0 Å². The molecule has 1 saturated carbocycles. The zero-order valence-electron chi connectivity index (χ0n) is 24.7. The van der Waals surface area contributed by atoms with Crippen LogP contribution in [0.4, 0.5) is 24.5 Å². The summed E-state index contributed by atoms with van der Waals surface area (Å²) < 4.78 is 94.2. The maximum Gasteiger partial charge on any atom is 0.406 e. The van der Waals surface area contributed by atoms with Gasteiger partial charge in [-0.2, -0.15) is 13.2 Å². The molecule has 244 valence electrons. The minimum atomic E-state index is -4.46. The number of fused-ring (bicyclic) bond motifs is 1. The Balaban J connectivity index is 1.31. The highest BCUT2D eigenvalue weighted by Crippen LogP contribution is 2.33. The average Bonchev–Trinajstić information content (AvgIpc) is 3.32. The number of primary sulfonamides is 1. The zero-order valence-corrected chi connectivity index (χ0v) is 26.4. The summed E-state index contributed by atoms with van der Waals surface area (Å²) in [5, 5.41) is 12.4. The normalized spacial score (nSPS) is 20.7. The van der Waals surface area contributed by atoms with Crippen LogP contribution in [0.15, 0.2) is 47.4 Å². The Kier molecular flexibility index (Phi) is 9.60. The number of aromatic nitrogens is 1.